The van der Waals surface area contributed by atoms with Crippen LogP contribution in [0.3, 0.4) is 0 Å². The van der Waals surface area contributed by atoms with Crippen LogP contribution in [0.1, 0.15) is 20.8 Å². The zero-order valence-electron chi connectivity index (χ0n) is 11.4. The van der Waals surface area contributed by atoms with Crippen molar-refractivity contribution in [1.29, 1.82) is 0 Å². The lowest BCUT2D eigenvalue weighted by Crippen LogP contribution is -2.52. The molecule has 1 amide bonds. The number of anilines is 1. The van der Waals surface area contributed by atoms with E-state index in [0.29, 0.717) is 11.0 Å². The van der Waals surface area contributed by atoms with Gasteiger partial charge in [-0.3, -0.25) is 4.79 Å². The number of nitrogens with zero attached hydrogens (tertiary/aromatic N) is 1. The van der Waals surface area contributed by atoms with Gasteiger partial charge in [-0.15, -0.1) is 0 Å². The monoisotopic (exact) mass is 364 g/mol. The lowest BCUT2D eigenvalue weighted by atomic mass is 10.1. The Morgan fingerprint density at radius 1 is 1.50 bits per heavy atom. The van der Waals surface area contributed by atoms with E-state index in [1.165, 1.54) is 26.1 Å². The summed E-state index contributed by atoms with van der Waals surface area (Å²) in [5.74, 6) is -0.558. The fourth-order valence-corrected chi connectivity index (χ4v) is 3.39. The van der Waals surface area contributed by atoms with Gasteiger partial charge in [0.25, 0.3) is 0 Å². The van der Waals surface area contributed by atoms with Gasteiger partial charge >= 0.3 is 0 Å². The van der Waals surface area contributed by atoms with Crippen LogP contribution in [0.5, 0.6) is 0 Å². The van der Waals surface area contributed by atoms with Gasteiger partial charge in [0.1, 0.15) is 16.3 Å². The molecule has 20 heavy (non-hydrogen) atoms. The molecule has 0 saturated heterocycles. The maximum atomic E-state index is 12.4. The highest BCUT2D eigenvalue weighted by Crippen LogP contribution is 2.24. The van der Waals surface area contributed by atoms with Crippen LogP contribution in [0.25, 0.3) is 0 Å². The molecule has 7 nitrogen and oxygen atoms in total. The first-order chi connectivity index (χ1) is 9.10. The third-order valence-electron chi connectivity index (χ3n) is 2.46. The van der Waals surface area contributed by atoms with Gasteiger partial charge in [-0.05, 0) is 42.8 Å². The van der Waals surface area contributed by atoms with Crippen molar-refractivity contribution in [2.24, 2.45) is 5.73 Å². The second kappa shape index (κ2) is 6.06. The van der Waals surface area contributed by atoms with Gasteiger partial charge < -0.3 is 11.1 Å². The number of carbonyl (C=O) groups is 1. The van der Waals surface area contributed by atoms with Crippen molar-refractivity contribution in [1.82, 2.24) is 9.71 Å². The predicted molar refractivity (Wildman–Crippen MR) is 79.7 cm³/mol. The lowest BCUT2D eigenvalue weighted by molar-refractivity contribution is -0.122. The summed E-state index contributed by atoms with van der Waals surface area (Å²) in [6.45, 7) is 5.12. The van der Waals surface area contributed by atoms with Crippen LogP contribution >= 0.6 is 15.9 Å². The molecule has 0 radical (unpaired) electrons. The Labute approximate surface area is 126 Å². The molecule has 0 fully saturated rings. The lowest BCUT2D eigenvalue weighted by Gasteiger charge is -2.22. The van der Waals surface area contributed by atoms with Crippen molar-refractivity contribution in [2.75, 3.05) is 11.9 Å². The van der Waals surface area contributed by atoms with Gasteiger partial charge in [-0.25, -0.2) is 13.4 Å². The maximum absolute atomic E-state index is 12.4. The molecule has 0 atom stereocenters. The molecule has 1 heterocycles. The second-order valence-electron chi connectivity index (χ2n) is 4.63. The highest BCUT2D eigenvalue weighted by Gasteiger charge is 2.32. The Hall–Kier alpha value is -1.19. The quantitative estimate of drug-likeness (QED) is 0.691. The summed E-state index contributed by atoms with van der Waals surface area (Å²) in [6, 6.07) is 1.41. The molecule has 0 aliphatic carbocycles. The first kappa shape index (κ1) is 16.9. The summed E-state index contributed by atoms with van der Waals surface area (Å²) < 4.78 is 27.5. The van der Waals surface area contributed by atoms with Gasteiger partial charge in [0.05, 0.1) is 0 Å². The number of amides is 1. The maximum Gasteiger partial charge on any atom is 0.245 e. The molecule has 0 bridgehead atoms. The summed E-state index contributed by atoms with van der Waals surface area (Å²) in [5, 5.41) is 2.86. The molecule has 4 N–H and O–H groups in total. The Morgan fingerprint density at radius 2 is 2.10 bits per heavy atom. The molecule has 0 aromatic carbocycles. The summed E-state index contributed by atoms with van der Waals surface area (Å²) in [4.78, 5) is 15.2. The number of rotatable bonds is 6. The Balaban J connectivity index is 3.28. The summed E-state index contributed by atoms with van der Waals surface area (Å²) in [5.41, 5.74) is 3.78. The summed E-state index contributed by atoms with van der Waals surface area (Å²) >= 11 is 3.17. The van der Waals surface area contributed by atoms with Gasteiger partial charge in [-0.2, -0.15) is 4.72 Å². The number of nitrogens with one attached hydrogen (secondary N) is 2. The number of hydrogen-bond acceptors (Lipinski definition) is 5. The van der Waals surface area contributed by atoms with Crippen LogP contribution < -0.4 is 15.8 Å². The van der Waals surface area contributed by atoms with Crippen molar-refractivity contribution >= 4 is 37.7 Å². The summed E-state index contributed by atoms with van der Waals surface area (Å²) in [7, 11) is -3.94. The third-order valence-corrected chi connectivity index (χ3v) is 4.56. The number of nitrogens with two attached hydrogens (primary N) is 1. The third kappa shape index (κ3) is 3.90. The zero-order valence-corrected chi connectivity index (χ0v) is 13.8. The van der Waals surface area contributed by atoms with E-state index in [9.17, 15) is 13.2 Å². The topological polar surface area (TPSA) is 114 Å². The fraction of sp³-hybridized carbons (Fsp3) is 0.455. The summed E-state index contributed by atoms with van der Waals surface area (Å²) in [6.07, 6.45) is 1.48. The van der Waals surface area contributed by atoms with Crippen LogP contribution in [0.4, 0.5) is 5.82 Å². The smallest absolute Gasteiger partial charge is 0.245 e. The standard InChI is InChI=1S/C11H17BrN4O3S/c1-4-14-9-8(5-7(12)6-15-9)20(18,19)16-11(2,3)10(13)17/h5-6,16H,4H2,1-3H3,(H2,13,17)(H,14,15). The first-order valence-electron chi connectivity index (χ1n) is 5.83. The minimum Gasteiger partial charge on any atom is -0.369 e. The van der Waals surface area contributed by atoms with E-state index in [-0.39, 0.29) is 10.7 Å². The van der Waals surface area contributed by atoms with Crippen molar-refractivity contribution in [2.45, 2.75) is 31.2 Å². The average Bonchev–Trinajstić information content (AvgIpc) is 2.30. The first-order valence-corrected chi connectivity index (χ1v) is 8.11. The van der Waals surface area contributed by atoms with Crippen LogP contribution in [-0.4, -0.2) is 31.4 Å². The van der Waals surface area contributed by atoms with Gasteiger partial charge in [0, 0.05) is 17.2 Å². The number of aromatic nitrogens is 1. The molecule has 9 heteroatoms. The van der Waals surface area contributed by atoms with E-state index in [4.69, 9.17) is 5.73 Å². The minimum absolute atomic E-state index is 0.0527. The van der Waals surface area contributed by atoms with Crippen LogP contribution in [0, 0.1) is 0 Å². The van der Waals surface area contributed by atoms with Gasteiger partial charge in [0.15, 0.2) is 0 Å². The molecular formula is C11H17BrN4O3S. The normalized spacial score (nSPS) is 12.2. The molecule has 1 rings (SSSR count). The molecule has 112 valence electrons. The Kier molecular flexibility index (Phi) is 5.11. The van der Waals surface area contributed by atoms with E-state index >= 15 is 0 Å². The average molecular weight is 365 g/mol. The van der Waals surface area contributed by atoms with E-state index < -0.39 is 21.5 Å². The number of pyridine rings is 1. The van der Waals surface area contributed by atoms with Crippen LogP contribution in [0.15, 0.2) is 21.6 Å². The van der Waals surface area contributed by atoms with E-state index in [1.54, 1.807) is 0 Å². The molecule has 1 aromatic heterocycles. The zero-order chi connectivity index (χ0) is 15.6. The largest absolute Gasteiger partial charge is 0.369 e. The molecule has 0 saturated carbocycles. The number of primary amides is 1. The van der Waals surface area contributed by atoms with Gasteiger partial charge in [-0.1, -0.05) is 0 Å². The number of hydrogen-bond donors (Lipinski definition) is 3. The fourth-order valence-electron chi connectivity index (χ4n) is 1.37. The Morgan fingerprint density at radius 3 is 2.60 bits per heavy atom. The SMILES string of the molecule is CCNc1ncc(Br)cc1S(=O)(=O)NC(C)(C)C(N)=O. The predicted octanol–water partition coefficient (Wildman–Crippen LogP) is 0.818. The van der Waals surface area contributed by atoms with Crippen molar-refractivity contribution in [3.8, 4) is 0 Å². The van der Waals surface area contributed by atoms with E-state index in [2.05, 4.69) is 31.0 Å². The van der Waals surface area contributed by atoms with E-state index in [1.807, 2.05) is 6.92 Å². The second-order valence-corrected chi connectivity index (χ2v) is 7.19. The molecular weight excluding hydrogens is 348 g/mol. The number of halogens is 1. The minimum atomic E-state index is -3.94. The molecule has 0 spiro atoms. The van der Waals surface area contributed by atoms with Gasteiger partial charge in [0.2, 0.25) is 15.9 Å². The van der Waals surface area contributed by atoms with Crippen LogP contribution in [0.2, 0.25) is 0 Å². The number of sulfonamides is 1. The van der Waals surface area contributed by atoms with Crippen molar-refractivity contribution in [3.63, 3.8) is 0 Å². The highest BCUT2D eigenvalue weighted by atomic mass is 79.9. The number of carbonyl (C=O) groups excluding carboxylic acids is 1. The van der Waals surface area contributed by atoms with Crippen molar-refractivity contribution < 1.29 is 13.2 Å². The Bertz CT molecular complexity index is 616. The highest BCUT2D eigenvalue weighted by molar-refractivity contribution is 9.10. The van der Waals surface area contributed by atoms with E-state index in [0.717, 1.165) is 0 Å². The molecule has 1 aromatic rings. The van der Waals surface area contributed by atoms with Crippen molar-refractivity contribution in [3.05, 3.63) is 16.7 Å². The molecule has 0 unspecified atom stereocenters. The molecule has 0 aliphatic heterocycles. The molecule has 0 aliphatic rings. The van der Waals surface area contributed by atoms with Crippen LogP contribution in [-0.2, 0) is 14.8 Å².